The first-order valence-corrected chi connectivity index (χ1v) is 5.76. The van der Waals surface area contributed by atoms with Gasteiger partial charge in [0.05, 0.1) is 10.6 Å². The van der Waals surface area contributed by atoms with E-state index in [-0.39, 0.29) is 22.6 Å². The fourth-order valence-electron chi connectivity index (χ4n) is 1.90. The normalized spacial score (nSPS) is 10.1. The number of nitro groups is 1. The zero-order valence-electron chi connectivity index (χ0n) is 10.6. The van der Waals surface area contributed by atoms with Crippen molar-refractivity contribution >= 4 is 23.3 Å². The fraction of sp³-hybridized carbons (Fsp3) is 0.0714. The summed E-state index contributed by atoms with van der Waals surface area (Å²) in [6.45, 7) is 0. The zero-order chi connectivity index (χ0) is 14.7. The third-order valence-electron chi connectivity index (χ3n) is 2.91. The van der Waals surface area contributed by atoms with Crippen LogP contribution in [0.2, 0.25) is 0 Å². The monoisotopic (exact) mass is 274 g/mol. The maximum Gasteiger partial charge on any atom is 0.293 e. The molecule has 0 saturated heterocycles. The minimum absolute atomic E-state index is 0.197. The average molecular weight is 274 g/mol. The summed E-state index contributed by atoms with van der Waals surface area (Å²) in [7, 11) is 1.53. The lowest BCUT2D eigenvalue weighted by Crippen LogP contribution is -2.13. The topological polar surface area (TPSA) is 63.5 Å². The standard InChI is InChI=1S/C14H11FN2O3/c1-16(12-5-3-2-4-11(12)15)13-7-6-10(9-18)8-14(13)17(19)20/h2-9H,1H3. The maximum atomic E-state index is 13.7. The molecule has 102 valence electrons. The highest BCUT2D eigenvalue weighted by atomic mass is 19.1. The highest BCUT2D eigenvalue weighted by Gasteiger charge is 2.20. The van der Waals surface area contributed by atoms with E-state index in [1.54, 1.807) is 6.07 Å². The van der Waals surface area contributed by atoms with Crippen LogP contribution in [0.5, 0.6) is 0 Å². The molecule has 0 N–H and O–H groups in total. The summed E-state index contributed by atoms with van der Waals surface area (Å²) in [5.41, 5.74) is 0.378. The molecule has 6 heteroatoms. The molecule has 5 nitrogen and oxygen atoms in total. The molecule has 0 aliphatic rings. The number of halogens is 1. The van der Waals surface area contributed by atoms with Crippen LogP contribution in [0.3, 0.4) is 0 Å². The van der Waals surface area contributed by atoms with Gasteiger partial charge in [0.25, 0.3) is 5.69 Å². The molecule has 0 saturated carbocycles. The van der Waals surface area contributed by atoms with Crippen molar-refractivity contribution in [3.8, 4) is 0 Å². The summed E-state index contributed by atoms with van der Waals surface area (Å²) in [4.78, 5) is 22.5. The minimum atomic E-state index is -0.598. The van der Waals surface area contributed by atoms with Gasteiger partial charge in [0, 0.05) is 18.7 Å². The van der Waals surface area contributed by atoms with E-state index in [9.17, 15) is 19.3 Å². The molecule has 2 aromatic rings. The van der Waals surface area contributed by atoms with Gasteiger partial charge in [-0.2, -0.15) is 0 Å². The second-order valence-corrected chi connectivity index (χ2v) is 4.13. The number of nitro benzene ring substituents is 1. The van der Waals surface area contributed by atoms with Crippen LogP contribution in [0.1, 0.15) is 10.4 Å². The van der Waals surface area contributed by atoms with Crippen LogP contribution in [0.15, 0.2) is 42.5 Å². The molecule has 0 heterocycles. The van der Waals surface area contributed by atoms with E-state index < -0.39 is 10.7 Å². The number of anilines is 2. The first-order valence-electron chi connectivity index (χ1n) is 5.76. The van der Waals surface area contributed by atoms with Crippen LogP contribution in [-0.4, -0.2) is 18.3 Å². The van der Waals surface area contributed by atoms with Crippen LogP contribution in [0.4, 0.5) is 21.5 Å². The molecule has 20 heavy (non-hydrogen) atoms. The van der Waals surface area contributed by atoms with E-state index in [4.69, 9.17) is 0 Å². The molecule has 0 unspecified atom stereocenters. The Morgan fingerprint density at radius 1 is 1.20 bits per heavy atom. The van der Waals surface area contributed by atoms with Crippen LogP contribution >= 0.6 is 0 Å². The van der Waals surface area contributed by atoms with Crippen molar-refractivity contribution in [1.29, 1.82) is 0 Å². The predicted octanol–water partition coefficient (Wildman–Crippen LogP) is 3.31. The van der Waals surface area contributed by atoms with Crippen LogP contribution < -0.4 is 4.90 Å². The van der Waals surface area contributed by atoms with E-state index in [1.807, 2.05) is 0 Å². The Balaban J connectivity index is 2.55. The lowest BCUT2D eigenvalue weighted by Gasteiger charge is -2.19. The molecule has 0 atom stereocenters. The second-order valence-electron chi connectivity index (χ2n) is 4.13. The molecule has 0 aliphatic carbocycles. The van der Waals surface area contributed by atoms with Gasteiger partial charge < -0.3 is 4.90 Å². The molecule has 2 rings (SSSR count). The third kappa shape index (κ3) is 2.49. The van der Waals surface area contributed by atoms with Crippen molar-refractivity contribution in [2.24, 2.45) is 0 Å². The molecule has 0 spiro atoms. The van der Waals surface area contributed by atoms with Crippen molar-refractivity contribution in [2.75, 3.05) is 11.9 Å². The number of nitrogens with zero attached hydrogens (tertiary/aromatic N) is 2. The average Bonchev–Trinajstić information content (AvgIpc) is 2.46. The Kier molecular flexibility index (Phi) is 3.74. The van der Waals surface area contributed by atoms with Crippen molar-refractivity contribution in [1.82, 2.24) is 0 Å². The van der Waals surface area contributed by atoms with Gasteiger partial charge in [0.2, 0.25) is 0 Å². The quantitative estimate of drug-likeness (QED) is 0.487. The minimum Gasteiger partial charge on any atom is -0.337 e. The number of hydrogen-bond donors (Lipinski definition) is 0. The number of aldehydes is 1. The number of carbonyl (C=O) groups is 1. The SMILES string of the molecule is CN(c1ccccc1F)c1ccc(C=O)cc1[N+](=O)[O-]. The van der Waals surface area contributed by atoms with Gasteiger partial charge in [-0.1, -0.05) is 12.1 Å². The van der Waals surface area contributed by atoms with Gasteiger partial charge in [-0.15, -0.1) is 0 Å². The van der Waals surface area contributed by atoms with Gasteiger partial charge in [-0.05, 0) is 24.3 Å². The van der Waals surface area contributed by atoms with Crippen LogP contribution in [0, 0.1) is 15.9 Å². The Bertz CT molecular complexity index is 673. The highest BCUT2D eigenvalue weighted by Crippen LogP contribution is 2.33. The molecule has 0 amide bonds. The molecule has 0 aromatic heterocycles. The Hall–Kier alpha value is -2.76. The summed E-state index contributed by atoms with van der Waals surface area (Å²) in [6.07, 6.45) is 0.528. The summed E-state index contributed by atoms with van der Waals surface area (Å²) in [5.74, 6) is -0.483. The Morgan fingerprint density at radius 2 is 1.90 bits per heavy atom. The van der Waals surface area contributed by atoms with Crippen molar-refractivity contribution in [3.05, 3.63) is 64.0 Å². The van der Waals surface area contributed by atoms with Gasteiger partial charge >= 0.3 is 0 Å². The maximum absolute atomic E-state index is 13.7. The predicted molar refractivity (Wildman–Crippen MR) is 72.9 cm³/mol. The van der Waals surface area contributed by atoms with Gasteiger partial charge in [-0.3, -0.25) is 14.9 Å². The van der Waals surface area contributed by atoms with E-state index in [2.05, 4.69) is 0 Å². The van der Waals surface area contributed by atoms with Crippen LogP contribution in [0.25, 0.3) is 0 Å². The Labute approximate surface area is 114 Å². The number of hydrogen-bond acceptors (Lipinski definition) is 4. The zero-order valence-corrected chi connectivity index (χ0v) is 10.6. The number of rotatable bonds is 4. The lowest BCUT2D eigenvalue weighted by molar-refractivity contribution is -0.384. The van der Waals surface area contributed by atoms with Gasteiger partial charge in [-0.25, -0.2) is 4.39 Å². The number of carbonyl (C=O) groups excluding carboxylic acids is 1. The summed E-state index contributed by atoms with van der Waals surface area (Å²) >= 11 is 0. The summed E-state index contributed by atoms with van der Waals surface area (Å²) in [5, 5.41) is 11.1. The molecule has 0 aliphatic heterocycles. The molecule has 0 radical (unpaired) electrons. The van der Waals surface area contributed by atoms with Gasteiger partial charge in [0.1, 0.15) is 17.8 Å². The number of benzene rings is 2. The largest absolute Gasteiger partial charge is 0.337 e. The second kappa shape index (κ2) is 5.48. The van der Waals surface area contributed by atoms with Gasteiger partial charge in [0.15, 0.2) is 0 Å². The smallest absolute Gasteiger partial charge is 0.293 e. The van der Waals surface area contributed by atoms with E-state index in [1.165, 1.54) is 48.3 Å². The molecule has 0 fully saturated rings. The lowest BCUT2D eigenvalue weighted by atomic mass is 10.1. The third-order valence-corrected chi connectivity index (χ3v) is 2.91. The molecular formula is C14H11FN2O3. The number of para-hydroxylation sites is 1. The van der Waals surface area contributed by atoms with E-state index >= 15 is 0 Å². The van der Waals surface area contributed by atoms with Crippen molar-refractivity contribution in [2.45, 2.75) is 0 Å². The first-order chi connectivity index (χ1) is 9.54. The first kappa shape index (κ1) is 13.7. The van der Waals surface area contributed by atoms with Crippen LogP contribution in [-0.2, 0) is 0 Å². The van der Waals surface area contributed by atoms with E-state index in [0.29, 0.717) is 6.29 Å². The highest BCUT2D eigenvalue weighted by molar-refractivity contribution is 5.81. The summed E-state index contributed by atoms with van der Waals surface area (Å²) < 4.78 is 13.7. The van der Waals surface area contributed by atoms with E-state index in [0.717, 1.165) is 0 Å². The molecule has 0 bridgehead atoms. The van der Waals surface area contributed by atoms with Crippen molar-refractivity contribution in [3.63, 3.8) is 0 Å². The molecular weight excluding hydrogens is 263 g/mol. The Morgan fingerprint density at radius 3 is 2.50 bits per heavy atom. The van der Waals surface area contributed by atoms with Crippen molar-refractivity contribution < 1.29 is 14.1 Å². The molecule has 2 aromatic carbocycles. The summed E-state index contributed by atoms with van der Waals surface area (Å²) in [6, 6.07) is 10.0. The fourth-order valence-corrected chi connectivity index (χ4v) is 1.90.